The highest BCUT2D eigenvalue weighted by Gasteiger charge is 2.72. The normalized spacial score (nSPS) is 30.1. The Balaban J connectivity index is 3.08. The molecule has 0 aromatic carbocycles. The van der Waals surface area contributed by atoms with Gasteiger partial charge in [-0.15, -0.1) is 19.6 Å². The predicted molar refractivity (Wildman–Crippen MR) is 70.9 cm³/mol. The lowest BCUT2D eigenvalue weighted by Gasteiger charge is -2.15. The highest BCUT2D eigenvalue weighted by molar-refractivity contribution is 5.72. The Morgan fingerprint density at radius 1 is 1.47 bits per heavy atom. The maximum atomic E-state index is 11.5. The number of hydrogen-bond acceptors (Lipinski definition) is 1. The maximum absolute atomic E-state index is 11.5. The van der Waals surface area contributed by atoms with E-state index in [9.17, 15) is 4.79 Å². The van der Waals surface area contributed by atoms with Gasteiger partial charge in [-0.05, 0) is 11.3 Å². The molecule has 3 atom stereocenters. The van der Waals surface area contributed by atoms with Crippen molar-refractivity contribution in [1.29, 1.82) is 0 Å². The molecule has 88 valence electrons. The lowest BCUT2D eigenvalue weighted by atomic mass is 9.84. The summed E-state index contributed by atoms with van der Waals surface area (Å²) in [5.41, 5.74) is -0.728. The largest absolute Gasteiger partial charge is 0.303 e. The van der Waals surface area contributed by atoms with Crippen LogP contribution in [-0.4, -0.2) is 6.29 Å². The summed E-state index contributed by atoms with van der Waals surface area (Å²) in [6.07, 6.45) is 10.6. The number of hydrogen-bond donors (Lipinski definition) is 0. The molecule has 0 aromatic heterocycles. The first-order chi connectivity index (χ1) is 8.02. The zero-order chi connectivity index (χ0) is 13.1. The molecule has 1 fully saturated rings. The molecule has 17 heavy (non-hydrogen) atoms. The second-order valence-corrected chi connectivity index (χ2v) is 4.90. The van der Waals surface area contributed by atoms with Gasteiger partial charge in [-0.25, -0.2) is 0 Å². The molecule has 0 spiro atoms. The van der Waals surface area contributed by atoms with Crippen LogP contribution in [0.15, 0.2) is 25.3 Å². The van der Waals surface area contributed by atoms with Crippen LogP contribution in [0, 0.1) is 46.9 Å². The fourth-order valence-corrected chi connectivity index (χ4v) is 2.74. The molecule has 1 aliphatic carbocycles. The van der Waals surface area contributed by atoms with Crippen LogP contribution in [0.25, 0.3) is 0 Å². The van der Waals surface area contributed by atoms with Crippen molar-refractivity contribution in [2.24, 2.45) is 22.7 Å². The third-order valence-electron chi connectivity index (χ3n) is 3.89. The Morgan fingerprint density at radius 3 is 2.47 bits per heavy atom. The minimum Gasteiger partial charge on any atom is -0.303 e. The van der Waals surface area contributed by atoms with Crippen molar-refractivity contribution in [3.05, 3.63) is 25.3 Å². The topological polar surface area (TPSA) is 17.1 Å². The van der Waals surface area contributed by atoms with E-state index in [1.54, 1.807) is 6.08 Å². The van der Waals surface area contributed by atoms with E-state index in [1.807, 2.05) is 19.9 Å². The SMILES string of the molecule is C#CC(C#CCC=C)C1(C=O)C(C=C)C1(C)C. The Labute approximate surface area is 104 Å². The number of rotatable bonds is 4. The summed E-state index contributed by atoms with van der Waals surface area (Å²) in [5, 5.41) is 0. The second-order valence-electron chi connectivity index (χ2n) is 4.90. The van der Waals surface area contributed by atoms with Crippen molar-refractivity contribution in [1.82, 2.24) is 0 Å². The van der Waals surface area contributed by atoms with Crippen molar-refractivity contribution in [3.8, 4) is 24.2 Å². The van der Waals surface area contributed by atoms with E-state index in [1.165, 1.54) is 0 Å². The molecule has 0 N–H and O–H groups in total. The van der Waals surface area contributed by atoms with E-state index >= 15 is 0 Å². The molecule has 1 rings (SSSR count). The van der Waals surface area contributed by atoms with Crippen molar-refractivity contribution < 1.29 is 4.79 Å². The van der Waals surface area contributed by atoms with Gasteiger partial charge < -0.3 is 4.79 Å². The zero-order valence-electron chi connectivity index (χ0n) is 10.5. The summed E-state index contributed by atoms with van der Waals surface area (Å²) < 4.78 is 0. The number of aldehydes is 1. The Kier molecular flexibility index (Phi) is 3.64. The predicted octanol–water partition coefficient (Wildman–Crippen LogP) is 2.84. The van der Waals surface area contributed by atoms with Gasteiger partial charge in [0.1, 0.15) is 6.29 Å². The Hall–Kier alpha value is -1.73. The Morgan fingerprint density at radius 2 is 2.12 bits per heavy atom. The molecule has 0 aliphatic heterocycles. The van der Waals surface area contributed by atoms with Crippen LogP contribution in [0.3, 0.4) is 0 Å². The maximum Gasteiger partial charge on any atom is 0.129 e. The molecular formula is C16H18O. The van der Waals surface area contributed by atoms with Crippen LogP contribution in [0.1, 0.15) is 20.3 Å². The molecule has 1 aliphatic rings. The summed E-state index contributed by atoms with van der Waals surface area (Å²) in [6, 6.07) is 0. The van der Waals surface area contributed by atoms with Gasteiger partial charge in [0.25, 0.3) is 0 Å². The van der Waals surface area contributed by atoms with Crippen LogP contribution in [0.5, 0.6) is 0 Å². The van der Waals surface area contributed by atoms with Crippen LogP contribution < -0.4 is 0 Å². The molecule has 3 unspecified atom stereocenters. The highest BCUT2D eigenvalue weighted by Crippen LogP contribution is 2.71. The molecule has 0 bridgehead atoms. The molecule has 0 heterocycles. The van der Waals surface area contributed by atoms with Gasteiger partial charge >= 0.3 is 0 Å². The highest BCUT2D eigenvalue weighted by atomic mass is 16.1. The van der Waals surface area contributed by atoms with Gasteiger partial charge in [-0.1, -0.05) is 43.8 Å². The van der Waals surface area contributed by atoms with Gasteiger partial charge in [-0.3, -0.25) is 0 Å². The molecule has 1 saturated carbocycles. The van der Waals surface area contributed by atoms with Crippen molar-refractivity contribution in [2.45, 2.75) is 20.3 Å². The lowest BCUT2D eigenvalue weighted by molar-refractivity contribution is -0.114. The van der Waals surface area contributed by atoms with E-state index in [2.05, 4.69) is 30.9 Å². The summed E-state index contributed by atoms with van der Waals surface area (Å²) in [4.78, 5) is 11.5. The molecular weight excluding hydrogens is 208 g/mol. The van der Waals surface area contributed by atoms with Crippen LogP contribution in [0.2, 0.25) is 0 Å². The second kappa shape index (κ2) is 4.64. The van der Waals surface area contributed by atoms with E-state index < -0.39 is 5.41 Å². The molecule has 0 saturated heterocycles. The standard InChI is InChI=1S/C16H18O/c1-6-9-10-11-13(7-2)16(12-17)14(8-3)15(16,4)5/h2,6,8,12-14H,1,3,9H2,4-5H3. The van der Waals surface area contributed by atoms with Gasteiger partial charge in [-0.2, -0.15) is 0 Å². The monoisotopic (exact) mass is 226 g/mol. The average Bonchev–Trinajstić information content (AvgIpc) is 2.81. The lowest BCUT2D eigenvalue weighted by Crippen LogP contribution is -2.21. The average molecular weight is 226 g/mol. The quantitative estimate of drug-likeness (QED) is 0.409. The first-order valence-electron chi connectivity index (χ1n) is 5.67. The molecule has 1 heteroatoms. The first-order valence-corrected chi connectivity index (χ1v) is 5.67. The third kappa shape index (κ3) is 1.73. The van der Waals surface area contributed by atoms with Crippen molar-refractivity contribution in [3.63, 3.8) is 0 Å². The minimum atomic E-state index is -0.572. The molecule has 0 amide bonds. The fraction of sp³-hybridized carbons (Fsp3) is 0.438. The summed E-state index contributed by atoms with van der Waals surface area (Å²) in [5.74, 6) is 8.35. The van der Waals surface area contributed by atoms with Gasteiger partial charge in [0.15, 0.2) is 0 Å². The summed E-state index contributed by atoms with van der Waals surface area (Å²) in [7, 11) is 0. The van der Waals surface area contributed by atoms with Crippen LogP contribution >= 0.6 is 0 Å². The van der Waals surface area contributed by atoms with Gasteiger partial charge in [0.2, 0.25) is 0 Å². The number of carbonyl (C=O) groups is 1. The zero-order valence-corrected chi connectivity index (χ0v) is 10.5. The smallest absolute Gasteiger partial charge is 0.129 e. The molecule has 0 radical (unpaired) electrons. The summed E-state index contributed by atoms with van der Waals surface area (Å²) >= 11 is 0. The first kappa shape index (κ1) is 13.3. The van der Waals surface area contributed by atoms with E-state index in [0.29, 0.717) is 6.42 Å². The van der Waals surface area contributed by atoms with Gasteiger partial charge in [0.05, 0.1) is 11.3 Å². The molecule has 0 aromatic rings. The van der Waals surface area contributed by atoms with Crippen LogP contribution in [-0.2, 0) is 4.79 Å². The summed E-state index contributed by atoms with van der Waals surface area (Å²) in [6.45, 7) is 11.5. The van der Waals surface area contributed by atoms with E-state index in [4.69, 9.17) is 6.42 Å². The van der Waals surface area contributed by atoms with Crippen molar-refractivity contribution >= 4 is 6.29 Å². The number of terminal acetylenes is 1. The Bertz CT molecular complexity index is 438. The fourth-order valence-electron chi connectivity index (χ4n) is 2.74. The van der Waals surface area contributed by atoms with E-state index in [-0.39, 0.29) is 17.3 Å². The van der Waals surface area contributed by atoms with Gasteiger partial charge in [0, 0.05) is 6.42 Å². The van der Waals surface area contributed by atoms with Crippen molar-refractivity contribution in [2.75, 3.05) is 0 Å². The minimum absolute atomic E-state index is 0.103. The van der Waals surface area contributed by atoms with Crippen LogP contribution in [0.4, 0.5) is 0 Å². The molecule has 1 nitrogen and oxygen atoms in total. The number of allylic oxidation sites excluding steroid dienone is 2. The number of carbonyl (C=O) groups excluding carboxylic acids is 1. The van der Waals surface area contributed by atoms with E-state index in [0.717, 1.165) is 6.29 Å². The third-order valence-corrected chi connectivity index (χ3v) is 3.89.